The summed E-state index contributed by atoms with van der Waals surface area (Å²) in [6.45, 7) is 11.9. The summed E-state index contributed by atoms with van der Waals surface area (Å²) in [5, 5.41) is 12.2. The van der Waals surface area contributed by atoms with Gasteiger partial charge >= 0.3 is 0 Å². The smallest absolute Gasteiger partial charge is 0.255 e. The topological polar surface area (TPSA) is 65.4 Å². The predicted octanol–water partition coefficient (Wildman–Crippen LogP) is 3.46. The van der Waals surface area contributed by atoms with Crippen LogP contribution in [0, 0.1) is 11.3 Å². The van der Waals surface area contributed by atoms with Crippen LogP contribution in [0.3, 0.4) is 0 Å². The number of carbonyl (C=O) groups excluding carboxylic acids is 1. The van der Waals surface area contributed by atoms with Crippen molar-refractivity contribution in [2.24, 2.45) is 0 Å². The first-order chi connectivity index (χ1) is 11.1. The van der Waals surface area contributed by atoms with Gasteiger partial charge < -0.3 is 10.1 Å². The number of nitrogens with one attached hydrogen (secondary N) is 1. The Morgan fingerprint density at radius 1 is 1.42 bits per heavy atom. The van der Waals surface area contributed by atoms with Gasteiger partial charge in [0.15, 0.2) is 0 Å². The SMILES string of the molecule is COc1cc(Cl)c(C#N)cc1C(=O)NCCN(C(C)C)C(C)(C)C. The van der Waals surface area contributed by atoms with Crippen molar-refractivity contribution in [3.05, 3.63) is 28.3 Å². The van der Waals surface area contributed by atoms with Crippen LogP contribution in [0.2, 0.25) is 5.02 Å². The summed E-state index contributed by atoms with van der Waals surface area (Å²) in [5.74, 6) is 0.0747. The van der Waals surface area contributed by atoms with Gasteiger partial charge in [0.1, 0.15) is 11.8 Å². The maximum absolute atomic E-state index is 12.4. The molecule has 1 amide bonds. The molecule has 0 atom stereocenters. The number of hydrogen-bond donors (Lipinski definition) is 1. The Morgan fingerprint density at radius 3 is 2.50 bits per heavy atom. The number of hydrogen-bond acceptors (Lipinski definition) is 4. The van der Waals surface area contributed by atoms with Crippen molar-refractivity contribution in [1.29, 1.82) is 5.26 Å². The average Bonchev–Trinajstić information content (AvgIpc) is 2.49. The van der Waals surface area contributed by atoms with Gasteiger partial charge in [-0.3, -0.25) is 9.69 Å². The van der Waals surface area contributed by atoms with Crippen molar-refractivity contribution in [3.63, 3.8) is 0 Å². The van der Waals surface area contributed by atoms with E-state index in [-0.39, 0.29) is 22.0 Å². The molecule has 0 aliphatic carbocycles. The highest BCUT2D eigenvalue weighted by molar-refractivity contribution is 6.32. The Bertz CT molecular complexity index is 630. The Labute approximate surface area is 149 Å². The fraction of sp³-hybridized carbons (Fsp3) is 0.556. The molecule has 0 aliphatic heterocycles. The van der Waals surface area contributed by atoms with E-state index in [2.05, 4.69) is 44.8 Å². The van der Waals surface area contributed by atoms with Crippen molar-refractivity contribution in [3.8, 4) is 11.8 Å². The molecule has 0 radical (unpaired) electrons. The third-order valence-electron chi connectivity index (χ3n) is 3.78. The highest BCUT2D eigenvalue weighted by Gasteiger charge is 2.24. The number of rotatable bonds is 6. The standard InChI is InChI=1S/C18H26ClN3O2/c1-12(2)22(18(3,4)5)8-7-21-17(23)14-9-13(11-20)15(19)10-16(14)24-6/h9-10,12H,7-8H2,1-6H3,(H,21,23). The summed E-state index contributed by atoms with van der Waals surface area (Å²) in [4.78, 5) is 14.8. The lowest BCUT2D eigenvalue weighted by atomic mass is 10.0. The zero-order valence-corrected chi connectivity index (χ0v) is 16.0. The average molecular weight is 352 g/mol. The Kier molecular flexibility index (Phi) is 7.07. The number of nitrogens with zero attached hydrogens (tertiary/aromatic N) is 2. The molecule has 0 heterocycles. The van der Waals surface area contributed by atoms with E-state index in [1.165, 1.54) is 19.2 Å². The molecule has 0 saturated carbocycles. The third kappa shape index (κ3) is 5.12. The van der Waals surface area contributed by atoms with E-state index in [0.29, 0.717) is 23.9 Å². The Balaban J connectivity index is 2.84. The minimum absolute atomic E-state index is 0.0187. The second kappa shape index (κ2) is 8.36. The van der Waals surface area contributed by atoms with E-state index in [1.807, 2.05) is 6.07 Å². The molecule has 132 valence electrons. The predicted molar refractivity (Wildman–Crippen MR) is 96.6 cm³/mol. The highest BCUT2D eigenvalue weighted by atomic mass is 35.5. The highest BCUT2D eigenvalue weighted by Crippen LogP contribution is 2.26. The minimum atomic E-state index is -0.280. The number of amides is 1. The van der Waals surface area contributed by atoms with Gasteiger partial charge in [0.05, 0.1) is 23.3 Å². The number of halogens is 1. The molecule has 0 spiro atoms. The molecular weight excluding hydrogens is 326 g/mol. The fourth-order valence-corrected chi connectivity index (χ4v) is 2.94. The minimum Gasteiger partial charge on any atom is -0.496 e. The maximum Gasteiger partial charge on any atom is 0.255 e. The molecule has 1 N–H and O–H groups in total. The van der Waals surface area contributed by atoms with Gasteiger partial charge in [0.25, 0.3) is 5.91 Å². The normalized spacial score (nSPS) is 11.5. The number of carbonyl (C=O) groups is 1. The lowest BCUT2D eigenvalue weighted by Gasteiger charge is -2.39. The molecule has 0 unspecified atom stereocenters. The van der Waals surface area contributed by atoms with Gasteiger partial charge in [0, 0.05) is 30.7 Å². The molecule has 0 aliphatic rings. The van der Waals surface area contributed by atoms with Crippen LogP contribution < -0.4 is 10.1 Å². The van der Waals surface area contributed by atoms with Gasteiger partial charge in [-0.1, -0.05) is 11.6 Å². The van der Waals surface area contributed by atoms with Crippen molar-refractivity contribution in [1.82, 2.24) is 10.2 Å². The second-order valence-electron chi connectivity index (χ2n) is 6.86. The lowest BCUT2D eigenvalue weighted by Crippen LogP contribution is -2.49. The van der Waals surface area contributed by atoms with Crippen molar-refractivity contribution >= 4 is 17.5 Å². The Hall–Kier alpha value is -1.77. The molecule has 5 nitrogen and oxygen atoms in total. The fourth-order valence-electron chi connectivity index (χ4n) is 2.74. The van der Waals surface area contributed by atoms with Crippen molar-refractivity contribution in [2.75, 3.05) is 20.2 Å². The first kappa shape index (κ1) is 20.3. The third-order valence-corrected chi connectivity index (χ3v) is 4.09. The Morgan fingerprint density at radius 2 is 2.04 bits per heavy atom. The summed E-state index contributed by atoms with van der Waals surface area (Å²) in [6, 6.07) is 5.30. The molecule has 0 saturated heterocycles. The van der Waals surface area contributed by atoms with Crippen LogP contribution in [0.4, 0.5) is 0 Å². The summed E-state index contributed by atoms with van der Waals surface area (Å²) < 4.78 is 5.20. The summed E-state index contributed by atoms with van der Waals surface area (Å²) in [6.07, 6.45) is 0. The first-order valence-electron chi connectivity index (χ1n) is 7.94. The van der Waals surface area contributed by atoms with Crippen molar-refractivity contribution < 1.29 is 9.53 Å². The van der Waals surface area contributed by atoms with Crippen LogP contribution in [0.15, 0.2) is 12.1 Å². The maximum atomic E-state index is 12.4. The summed E-state index contributed by atoms with van der Waals surface area (Å²) in [5.41, 5.74) is 0.580. The molecule has 1 aromatic rings. The zero-order chi connectivity index (χ0) is 18.5. The van der Waals surface area contributed by atoms with E-state index < -0.39 is 0 Å². The molecular formula is C18H26ClN3O2. The number of ether oxygens (including phenoxy) is 1. The van der Waals surface area contributed by atoms with E-state index in [4.69, 9.17) is 21.6 Å². The van der Waals surface area contributed by atoms with Gasteiger partial charge in [0.2, 0.25) is 0 Å². The van der Waals surface area contributed by atoms with E-state index >= 15 is 0 Å². The van der Waals surface area contributed by atoms with E-state index in [9.17, 15) is 4.79 Å². The summed E-state index contributed by atoms with van der Waals surface area (Å²) in [7, 11) is 1.47. The largest absolute Gasteiger partial charge is 0.496 e. The lowest BCUT2D eigenvalue weighted by molar-refractivity contribution is 0.0868. The molecule has 0 fully saturated rings. The zero-order valence-electron chi connectivity index (χ0n) is 15.2. The van der Waals surface area contributed by atoms with Crippen LogP contribution in [0.5, 0.6) is 5.75 Å². The van der Waals surface area contributed by atoms with E-state index in [1.54, 1.807) is 0 Å². The van der Waals surface area contributed by atoms with Gasteiger partial charge in [-0.05, 0) is 40.7 Å². The van der Waals surface area contributed by atoms with Crippen LogP contribution in [-0.4, -0.2) is 42.6 Å². The van der Waals surface area contributed by atoms with Gasteiger partial charge in [-0.25, -0.2) is 0 Å². The van der Waals surface area contributed by atoms with Crippen LogP contribution in [0.25, 0.3) is 0 Å². The number of nitriles is 1. The molecule has 1 aromatic carbocycles. The van der Waals surface area contributed by atoms with Crippen LogP contribution in [-0.2, 0) is 0 Å². The van der Waals surface area contributed by atoms with Gasteiger partial charge in [-0.2, -0.15) is 5.26 Å². The van der Waals surface area contributed by atoms with Crippen LogP contribution in [0.1, 0.15) is 50.5 Å². The molecule has 0 aromatic heterocycles. The van der Waals surface area contributed by atoms with Gasteiger partial charge in [-0.15, -0.1) is 0 Å². The first-order valence-corrected chi connectivity index (χ1v) is 8.32. The molecule has 0 bridgehead atoms. The monoisotopic (exact) mass is 351 g/mol. The van der Waals surface area contributed by atoms with Crippen molar-refractivity contribution in [2.45, 2.75) is 46.2 Å². The quantitative estimate of drug-likeness (QED) is 0.852. The van der Waals surface area contributed by atoms with Crippen LogP contribution >= 0.6 is 11.6 Å². The molecule has 24 heavy (non-hydrogen) atoms. The molecule has 6 heteroatoms. The molecule has 1 rings (SSSR count). The second-order valence-corrected chi connectivity index (χ2v) is 7.27. The number of benzene rings is 1. The summed E-state index contributed by atoms with van der Waals surface area (Å²) >= 11 is 5.97. The van der Waals surface area contributed by atoms with E-state index in [0.717, 1.165) is 6.54 Å². The number of methoxy groups -OCH3 is 1.